The first-order valence-corrected chi connectivity index (χ1v) is 11.3. The third-order valence-corrected chi connectivity index (χ3v) is 6.70. The molecule has 180 valence electrons. The summed E-state index contributed by atoms with van der Waals surface area (Å²) in [6.07, 6.45) is 4.01. The van der Waals surface area contributed by atoms with E-state index < -0.39 is 35.4 Å². The number of benzene rings is 2. The van der Waals surface area contributed by atoms with E-state index in [-0.39, 0.29) is 23.7 Å². The smallest absolute Gasteiger partial charge is 0.387 e. The third-order valence-electron chi connectivity index (χ3n) is 6.70. The zero-order valence-electron chi connectivity index (χ0n) is 18.3. The number of ether oxygens (including phenoxy) is 3. The molecule has 2 aliphatic rings. The summed E-state index contributed by atoms with van der Waals surface area (Å²) in [6.45, 7) is 0.321. The minimum absolute atomic E-state index is 0.00448. The van der Waals surface area contributed by atoms with Gasteiger partial charge < -0.3 is 14.2 Å². The van der Waals surface area contributed by atoms with Gasteiger partial charge in [0.15, 0.2) is 17.9 Å². The zero-order valence-corrected chi connectivity index (χ0v) is 18.3. The van der Waals surface area contributed by atoms with Crippen LogP contribution in [0.1, 0.15) is 50.5 Å². The fourth-order valence-corrected chi connectivity index (χ4v) is 4.74. The van der Waals surface area contributed by atoms with Gasteiger partial charge in [-0.3, -0.25) is 0 Å². The van der Waals surface area contributed by atoms with E-state index in [4.69, 9.17) is 9.47 Å². The van der Waals surface area contributed by atoms with Crippen molar-refractivity contribution in [3.63, 3.8) is 0 Å². The highest BCUT2D eigenvalue weighted by Gasteiger charge is 2.33. The van der Waals surface area contributed by atoms with Crippen molar-refractivity contribution in [1.29, 1.82) is 0 Å². The van der Waals surface area contributed by atoms with Crippen molar-refractivity contribution in [1.82, 2.24) is 0 Å². The maximum absolute atomic E-state index is 14.9. The molecule has 1 heterocycles. The predicted molar refractivity (Wildman–Crippen MR) is 113 cm³/mol. The van der Waals surface area contributed by atoms with E-state index in [1.807, 2.05) is 0 Å². The second kappa shape index (κ2) is 10.4. The summed E-state index contributed by atoms with van der Waals surface area (Å²) in [5.41, 5.74) is 0.0719. The van der Waals surface area contributed by atoms with Crippen LogP contribution in [0.15, 0.2) is 30.3 Å². The molecular weight excluding hydrogens is 443 g/mol. The zero-order chi connectivity index (χ0) is 23.5. The quantitative estimate of drug-likeness (QED) is 0.424. The molecule has 8 heteroatoms. The second-order valence-corrected chi connectivity index (χ2v) is 8.80. The molecule has 33 heavy (non-hydrogen) atoms. The molecule has 1 saturated carbocycles. The highest BCUT2D eigenvalue weighted by atomic mass is 19.3. The van der Waals surface area contributed by atoms with Crippen LogP contribution in [0.3, 0.4) is 0 Å². The van der Waals surface area contributed by atoms with Crippen molar-refractivity contribution in [2.24, 2.45) is 11.8 Å². The molecule has 0 amide bonds. The fraction of sp³-hybridized carbons (Fsp3) is 0.520. The van der Waals surface area contributed by atoms with Gasteiger partial charge in [0.1, 0.15) is 11.6 Å². The van der Waals surface area contributed by atoms with E-state index in [9.17, 15) is 22.0 Å². The Morgan fingerprint density at radius 1 is 0.909 bits per heavy atom. The van der Waals surface area contributed by atoms with Crippen LogP contribution in [-0.4, -0.2) is 26.1 Å². The number of hydrogen-bond acceptors (Lipinski definition) is 3. The molecule has 0 spiro atoms. The Labute approximate surface area is 189 Å². The molecule has 2 aromatic rings. The SMILES string of the molecule is CCC1COC(C2CCC(c3cc(F)c(-c4ccc(OC(F)F)c(F)c4)c(F)c3)CC2)OC1. The number of rotatable bonds is 6. The summed E-state index contributed by atoms with van der Waals surface area (Å²) in [7, 11) is 0. The van der Waals surface area contributed by atoms with Crippen molar-refractivity contribution in [2.45, 2.75) is 57.8 Å². The number of halogens is 5. The maximum atomic E-state index is 14.9. The van der Waals surface area contributed by atoms with E-state index in [0.717, 1.165) is 50.3 Å². The van der Waals surface area contributed by atoms with Gasteiger partial charge in [0, 0.05) is 11.8 Å². The molecule has 0 radical (unpaired) electrons. The van der Waals surface area contributed by atoms with Crippen LogP contribution in [-0.2, 0) is 9.47 Å². The van der Waals surface area contributed by atoms with Gasteiger partial charge in [0.25, 0.3) is 0 Å². The van der Waals surface area contributed by atoms with Gasteiger partial charge in [-0.15, -0.1) is 0 Å². The Bertz CT molecular complexity index is 928. The van der Waals surface area contributed by atoms with E-state index in [1.165, 1.54) is 12.1 Å². The average molecular weight is 470 g/mol. The highest BCUT2D eigenvalue weighted by Crippen LogP contribution is 2.41. The normalized spacial score (nSPS) is 25.9. The Morgan fingerprint density at radius 2 is 1.55 bits per heavy atom. The van der Waals surface area contributed by atoms with Gasteiger partial charge >= 0.3 is 6.61 Å². The van der Waals surface area contributed by atoms with Crippen molar-refractivity contribution >= 4 is 0 Å². The molecule has 2 aromatic carbocycles. The third kappa shape index (κ3) is 5.49. The van der Waals surface area contributed by atoms with Crippen LogP contribution >= 0.6 is 0 Å². The Kier molecular flexibility index (Phi) is 7.54. The van der Waals surface area contributed by atoms with Crippen molar-refractivity contribution in [3.8, 4) is 16.9 Å². The van der Waals surface area contributed by atoms with Crippen molar-refractivity contribution < 1.29 is 36.2 Å². The highest BCUT2D eigenvalue weighted by molar-refractivity contribution is 5.66. The van der Waals surface area contributed by atoms with Gasteiger partial charge in [-0.05, 0) is 73.4 Å². The lowest BCUT2D eigenvalue weighted by Crippen LogP contribution is -2.38. The van der Waals surface area contributed by atoms with Crippen LogP contribution in [0, 0.1) is 29.3 Å². The second-order valence-electron chi connectivity index (χ2n) is 8.80. The summed E-state index contributed by atoms with van der Waals surface area (Å²) < 4.78 is 84.2. The molecule has 1 saturated heterocycles. The first-order chi connectivity index (χ1) is 15.9. The molecule has 3 nitrogen and oxygen atoms in total. The van der Waals surface area contributed by atoms with Gasteiger partial charge in [-0.25, -0.2) is 13.2 Å². The molecule has 0 bridgehead atoms. The standard InChI is InChI=1S/C25H27F5O3/c1-2-14-12-31-24(32-13-14)16-5-3-15(4-6-16)18-10-20(27)23(21(28)11-18)17-7-8-22(19(26)9-17)33-25(29)30/h7-11,14-16,24-25H,2-6,12-13H2,1H3. The topological polar surface area (TPSA) is 27.7 Å². The molecule has 0 N–H and O–H groups in total. The summed E-state index contributed by atoms with van der Waals surface area (Å²) in [5.74, 6) is -2.74. The van der Waals surface area contributed by atoms with Crippen LogP contribution in [0.4, 0.5) is 22.0 Å². The molecule has 4 rings (SSSR count). The Balaban J connectivity index is 1.43. The van der Waals surface area contributed by atoms with E-state index in [1.54, 1.807) is 0 Å². The summed E-state index contributed by atoms with van der Waals surface area (Å²) in [6, 6.07) is 5.44. The van der Waals surface area contributed by atoms with Gasteiger partial charge in [-0.2, -0.15) is 8.78 Å². The number of alkyl halides is 2. The Hall–Kier alpha value is -2.19. The first kappa shape index (κ1) is 24.0. The maximum Gasteiger partial charge on any atom is 0.387 e. The van der Waals surface area contributed by atoms with Gasteiger partial charge in [-0.1, -0.05) is 13.0 Å². The first-order valence-electron chi connectivity index (χ1n) is 11.3. The van der Waals surface area contributed by atoms with Crippen LogP contribution in [0.2, 0.25) is 0 Å². The molecule has 0 unspecified atom stereocenters. The van der Waals surface area contributed by atoms with Crippen molar-refractivity contribution in [2.75, 3.05) is 13.2 Å². The molecule has 1 aliphatic heterocycles. The molecule has 0 atom stereocenters. The monoisotopic (exact) mass is 470 g/mol. The van der Waals surface area contributed by atoms with Crippen LogP contribution in [0.25, 0.3) is 11.1 Å². The number of hydrogen-bond donors (Lipinski definition) is 0. The largest absolute Gasteiger partial charge is 0.432 e. The Morgan fingerprint density at radius 3 is 2.09 bits per heavy atom. The lowest BCUT2D eigenvalue weighted by atomic mass is 9.78. The minimum Gasteiger partial charge on any atom is -0.432 e. The van der Waals surface area contributed by atoms with E-state index in [0.29, 0.717) is 24.7 Å². The molecular formula is C25H27F5O3. The van der Waals surface area contributed by atoms with Crippen LogP contribution in [0.5, 0.6) is 5.75 Å². The average Bonchev–Trinajstić information content (AvgIpc) is 2.80. The summed E-state index contributed by atoms with van der Waals surface area (Å²) >= 11 is 0. The lowest BCUT2D eigenvalue weighted by molar-refractivity contribution is -0.228. The van der Waals surface area contributed by atoms with E-state index >= 15 is 0 Å². The molecule has 1 aliphatic carbocycles. The van der Waals surface area contributed by atoms with Gasteiger partial charge in [0.05, 0.1) is 18.8 Å². The summed E-state index contributed by atoms with van der Waals surface area (Å²) in [4.78, 5) is 0. The predicted octanol–water partition coefficient (Wildman–Crippen LogP) is 7.05. The van der Waals surface area contributed by atoms with Gasteiger partial charge in [0.2, 0.25) is 0 Å². The fourth-order valence-electron chi connectivity index (χ4n) is 4.74. The lowest BCUT2D eigenvalue weighted by Gasteiger charge is -2.37. The molecule has 0 aromatic heterocycles. The minimum atomic E-state index is -3.20. The van der Waals surface area contributed by atoms with Crippen LogP contribution < -0.4 is 4.74 Å². The summed E-state index contributed by atoms with van der Waals surface area (Å²) in [5, 5.41) is 0. The van der Waals surface area contributed by atoms with Crippen molar-refractivity contribution in [3.05, 3.63) is 53.3 Å². The van der Waals surface area contributed by atoms with E-state index in [2.05, 4.69) is 11.7 Å². The molecule has 2 fully saturated rings.